The summed E-state index contributed by atoms with van der Waals surface area (Å²) in [6, 6.07) is 14.6. The topological polar surface area (TPSA) is 135 Å². The molecule has 4 rings (SSSR count). The van der Waals surface area contributed by atoms with Crippen LogP contribution in [-0.2, 0) is 10.0 Å². The van der Waals surface area contributed by atoms with Gasteiger partial charge in [-0.3, -0.25) is 4.98 Å². The number of hydrogen-bond acceptors (Lipinski definition) is 6. The Balaban J connectivity index is 1.91. The molecule has 138 valence electrons. The monoisotopic (exact) mass is 392 g/mol. The molecule has 2 aromatic heterocycles. The molecule has 0 amide bonds. The number of aromatic carboxylic acids is 1. The molecule has 0 bridgehead atoms. The number of nitrogens with one attached hydrogen (secondary N) is 1. The third-order valence-electron chi connectivity index (χ3n) is 4.09. The number of primary sulfonamides is 1. The number of carbonyl (C=O) groups is 1. The van der Waals surface area contributed by atoms with Gasteiger partial charge in [0.05, 0.1) is 15.8 Å². The van der Waals surface area contributed by atoms with E-state index in [-0.39, 0.29) is 10.5 Å². The Hall–Kier alpha value is -3.74. The highest BCUT2D eigenvalue weighted by atomic mass is 32.2. The molecule has 2 aromatic carbocycles. The largest absolute Gasteiger partial charge is 0.477 e. The Morgan fingerprint density at radius 1 is 1.14 bits per heavy atom. The van der Waals surface area contributed by atoms with Gasteiger partial charge in [-0.05, 0) is 30.3 Å². The molecule has 9 heteroatoms. The lowest BCUT2D eigenvalue weighted by Gasteiger charge is -2.11. The average molecular weight is 392 g/mol. The lowest BCUT2D eigenvalue weighted by molar-refractivity contribution is 0.0697. The van der Waals surface area contributed by atoms with Gasteiger partial charge >= 0.3 is 5.97 Å². The van der Waals surface area contributed by atoms with Crippen molar-refractivity contribution in [2.45, 2.75) is 4.90 Å². The highest BCUT2D eigenvalue weighted by molar-refractivity contribution is 7.89. The number of anilines is 2. The molecule has 0 unspecified atom stereocenters. The first-order valence-electron chi connectivity index (χ1n) is 7.97. The fourth-order valence-electron chi connectivity index (χ4n) is 2.81. The van der Waals surface area contributed by atoms with Crippen molar-refractivity contribution in [3.05, 3.63) is 66.5 Å². The first-order chi connectivity index (χ1) is 13.3. The van der Waals surface area contributed by atoms with E-state index in [1.54, 1.807) is 30.6 Å². The van der Waals surface area contributed by atoms with Crippen LogP contribution in [-0.4, -0.2) is 29.5 Å². The molecule has 0 aliphatic carbocycles. The van der Waals surface area contributed by atoms with E-state index < -0.39 is 16.0 Å². The number of nitrogens with zero attached hydrogens (tertiary/aromatic N) is 2. The Labute approximate surface area is 159 Å². The van der Waals surface area contributed by atoms with Gasteiger partial charge in [-0.1, -0.05) is 18.2 Å². The summed E-state index contributed by atoms with van der Waals surface area (Å²) in [6.07, 6.45) is 3.22. The van der Waals surface area contributed by atoms with Crippen LogP contribution in [0.5, 0.6) is 0 Å². The molecule has 0 aliphatic rings. The van der Waals surface area contributed by atoms with E-state index in [0.717, 1.165) is 0 Å². The van der Waals surface area contributed by atoms with Crippen molar-refractivity contribution in [2.24, 2.45) is 5.14 Å². The number of benzene rings is 1. The second kappa shape index (κ2) is 6.45. The zero-order valence-corrected chi connectivity index (χ0v) is 15.0. The van der Waals surface area contributed by atoms with E-state index in [4.69, 9.17) is 5.14 Å². The van der Waals surface area contributed by atoms with Gasteiger partial charge in [0, 0.05) is 28.9 Å². The molecule has 2 heterocycles. The molecule has 0 atom stereocenters. The number of rotatable bonds is 4. The number of hydrogen-bond donors (Lipinski definition) is 3. The van der Waals surface area contributed by atoms with Gasteiger partial charge in [0.2, 0.25) is 10.0 Å². The van der Waals surface area contributed by atoms with Crippen LogP contribution in [0.4, 0.5) is 11.5 Å². The van der Waals surface area contributed by atoms with E-state index in [0.29, 0.717) is 33.2 Å². The fourth-order valence-corrected chi connectivity index (χ4v) is 3.37. The van der Waals surface area contributed by atoms with Crippen molar-refractivity contribution in [2.75, 3.05) is 5.32 Å². The molecule has 0 radical (unpaired) electrons. The third-order valence-corrected chi connectivity index (χ3v) is 5.00. The van der Waals surface area contributed by atoms with Crippen LogP contribution in [0.1, 0.15) is 10.4 Å². The summed E-state index contributed by atoms with van der Waals surface area (Å²) in [7, 11) is -3.85. The van der Waals surface area contributed by atoms with Crippen LogP contribution in [0.25, 0.3) is 21.7 Å². The van der Waals surface area contributed by atoms with Crippen molar-refractivity contribution in [1.29, 1.82) is 0 Å². The normalized spacial score (nSPS) is 11.3. The molecule has 0 spiro atoms. The maximum Gasteiger partial charge on any atom is 0.344 e. The summed E-state index contributed by atoms with van der Waals surface area (Å²) in [4.78, 5) is 19.8. The van der Waals surface area contributed by atoms with Crippen molar-refractivity contribution in [1.82, 2.24) is 9.97 Å². The summed E-state index contributed by atoms with van der Waals surface area (Å²) >= 11 is 0. The summed E-state index contributed by atoms with van der Waals surface area (Å²) in [5.41, 5.74) is 0.786. The quantitative estimate of drug-likeness (QED) is 0.485. The van der Waals surface area contributed by atoms with Crippen molar-refractivity contribution in [3.8, 4) is 0 Å². The predicted octanol–water partition coefficient (Wildman–Crippen LogP) is 2.47. The zero-order valence-electron chi connectivity index (χ0n) is 14.2. The summed E-state index contributed by atoms with van der Waals surface area (Å²) in [6.45, 7) is 0. The highest BCUT2D eigenvalue weighted by Gasteiger charge is 2.13. The van der Waals surface area contributed by atoms with Gasteiger partial charge in [0.25, 0.3) is 0 Å². The highest BCUT2D eigenvalue weighted by Crippen LogP contribution is 2.30. The Morgan fingerprint density at radius 3 is 2.71 bits per heavy atom. The molecule has 4 N–H and O–H groups in total. The maximum absolute atomic E-state index is 11.6. The van der Waals surface area contributed by atoms with Gasteiger partial charge in [-0.15, -0.1) is 0 Å². The second-order valence-corrected chi connectivity index (χ2v) is 7.51. The number of fused-ring (bicyclic) bond motifs is 3. The molecule has 28 heavy (non-hydrogen) atoms. The standard InChI is InChI=1S/C19H12N4O4S/c20-28(26,27)13-3-1-2-12(9-13)22-18-15-6-7-21-10-16(15)14-5-4-11(19(24)25)8-17(14)23-18/h1-3,6-10H,(H,22,23)(H,24,25)(H2,20,26,27). The number of pyridine rings is 2. The smallest absolute Gasteiger partial charge is 0.344 e. The fraction of sp³-hybridized carbons (Fsp3) is 0. The van der Waals surface area contributed by atoms with Crippen molar-refractivity contribution < 1.29 is 18.3 Å². The van der Waals surface area contributed by atoms with Crippen LogP contribution >= 0.6 is 0 Å². The molecule has 0 saturated heterocycles. The molecular formula is C19H12N4O4S. The predicted molar refractivity (Wildman–Crippen MR) is 103 cm³/mol. The van der Waals surface area contributed by atoms with Gasteiger partial charge < -0.3 is 10.4 Å². The van der Waals surface area contributed by atoms with Crippen LogP contribution in [0.3, 0.4) is 0 Å². The Bertz CT molecular complexity index is 1350. The second-order valence-electron chi connectivity index (χ2n) is 5.95. The minimum absolute atomic E-state index is 0.0413. The number of sulfonamides is 1. The van der Waals surface area contributed by atoms with Gasteiger partial charge in [0.15, 0.2) is 0 Å². The van der Waals surface area contributed by atoms with Gasteiger partial charge in [-0.25, -0.2) is 23.3 Å². The molecule has 0 fully saturated rings. The lowest BCUT2D eigenvalue weighted by atomic mass is 10.1. The van der Waals surface area contributed by atoms with Crippen LogP contribution < -0.4 is 10.5 Å². The average Bonchev–Trinajstić information content (AvgIpc) is 2.67. The van der Waals surface area contributed by atoms with Crippen LogP contribution in [0.2, 0.25) is 0 Å². The molecule has 0 saturated carbocycles. The van der Waals surface area contributed by atoms with Crippen LogP contribution in [0, 0.1) is 12.1 Å². The number of nitrogens with two attached hydrogens (primary N) is 1. The van der Waals surface area contributed by atoms with Crippen molar-refractivity contribution in [3.63, 3.8) is 0 Å². The SMILES string of the molecule is NS(=O)(=O)c1cccc(Nc2nc3cc(C(=O)O)c#cc3c3cnccc23)c1. The first-order valence-corrected chi connectivity index (χ1v) is 9.52. The lowest BCUT2D eigenvalue weighted by Crippen LogP contribution is -2.12. The minimum atomic E-state index is -3.85. The number of carboxylic acids is 1. The molecule has 8 nitrogen and oxygen atoms in total. The molecular weight excluding hydrogens is 380 g/mol. The van der Waals surface area contributed by atoms with Crippen LogP contribution in [0.15, 0.2) is 53.7 Å². The molecule has 4 aromatic rings. The molecule has 0 aliphatic heterocycles. The summed E-state index contributed by atoms with van der Waals surface area (Å²) < 4.78 is 23.2. The van der Waals surface area contributed by atoms with E-state index >= 15 is 0 Å². The van der Waals surface area contributed by atoms with E-state index in [2.05, 4.69) is 27.4 Å². The summed E-state index contributed by atoms with van der Waals surface area (Å²) in [5.74, 6) is -0.728. The first kappa shape index (κ1) is 17.7. The van der Waals surface area contributed by atoms with Gasteiger partial charge in [0.1, 0.15) is 11.4 Å². The minimum Gasteiger partial charge on any atom is -0.477 e. The third kappa shape index (κ3) is 3.18. The van der Waals surface area contributed by atoms with E-state index in [9.17, 15) is 18.3 Å². The Morgan fingerprint density at radius 2 is 1.96 bits per heavy atom. The van der Waals surface area contributed by atoms with E-state index in [1.807, 2.05) is 0 Å². The number of aromatic nitrogens is 2. The van der Waals surface area contributed by atoms with Gasteiger partial charge in [-0.2, -0.15) is 0 Å². The zero-order chi connectivity index (χ0) is 19.9. The number of carboxylic acid groups (broad SMARTS) is 1. The van der Waals surface area contributed by atoms with E-state index in [1.165, 1.54) is 18.2 Å². The van der Waals surface area contributed by atoms with Crippen molar-refractivity contribution >= 4 is 49.2 Å². The summed E-state index contributed by atoms with van der Waals surface area (Å²) in [5, 5.41) is 19.4. The Kier molecular flexibility index (Phi) is 4.07. The maximum atomic E-state index is 11.6.